The highest BCUT2D eigenvalue weighted by Gasteiger charge is 2.32. The highest BCUT2D eigenvalue weighted by molar-refractivity contribution is 8.14. The Balaban J connectivity index is 1.84. The number of halogens is 1. The lowest BCUT2D eigenvalue weighted by molar-refractivity contribution is -0.130. The van der Waals surface area contributed by atoms with Crippen LogP contribution in [0.1, 0.15) is 31.2 Å². The Labute approximate surface area is 134 Å². The van der Waals surface area contributed by atoms with Crippen LogP contribution in [0, 0.1) is 12.8 Å². The van der Waals surface area contributed by atoms with E-state index in [9.17, 15) is 4.79 Å². The van der Waals surface area contributed by atoms with Crippen molar-refractivity contribution in [3.8, 4) is 0 Å². The van der Waals surface area contributed by atoms with E-state index in [4.69, 9.17) is 16.6 Å². The molecule has 0 aromatic heterocycles. The van der Waals surface area contributed by atoms with Crippen LogP contribution in [-0.2, 0) is 4.79 Å². The zero-order valence-corrected chi connectivity index (χ0v) is 13.7. The first-order valence-corrected chi connectivity index (χ1v) is 8.81. The molecule has 5 heteroatoms. The summed E-state index contributed by atoms with van der Waals surface area (Å²) in [6.45, 7) is 2.74. The number of thioether (sulfide) groups is 1. The molecule has 0 spiro atoms. The molecule has 2 fully saturated rings. The first kappa shape index (κ1) is 14.9. The Morgan fingerprint density at radius 2 is 2.14 bits per heavy atom. The minimum Gasteiger partial charge on any atom is -0.290 e. The lowest BCUT2D eigenvalue weighted by Crippen LogP contribution is -2.35. The number of carbonyl (C=O) groups is 1. The lowest BCUT2D eigenvalue weighted by Gasteiger charge is -2.20. The number of nitrogens with zero attached hydrogens (tertiary/aromatic N) is 2. The highest BCUT2D eigenvalue weighted by atomic mass is 35.5. The molecule has 1 aromatic rings. The van der Waals surface area contributed by atoms with Gasteiger partial charge in [0.25, 0.3) is 0 Å². The summed E-state index contributed by atoms with van der Waals surface area (Å²) in [5, 5.41) is 1.55. The van der Waals surface area contributed by atoms with E-state index in [0.29, 0.717) is 5.02 Å². The van der Waals surface area contributed by atoms with Crippen LogP contribution in [0.5, 0.6) is 0 Å². The first-order valence-electron chi connectivity index (χ1n) is 7.45. The second-order valence-corrected chi connectivity index (χ2v) is 7.07. The van der Waals surface area contributed by atoms with Gasteiger partial charge < -0.3 is 0 Å². The summed E-state index contributed by atoms with van der Waals surface area (Å²) in [5.74, 6) is 1.39. The van der Waals surface area contributed by atoms with Gasteiger partial charge in [-0.3, -0.25) is 9.69 Å². The molecule has 1 heterocycles. The Bertz CT molecular complexity index is 582. The summed E-state index contributed by atoms with van der Waals surface area (Å²) in [6.07, 6.45) is 4.42. The van der Waals surface area contributed by atoms with E-state index in [-0.39, 0.29) is 11.8 Å². The molecule has 1 aliphatic carbocycles. The normalized spacial score (nSPS) is 21.4. The Morgan fingerprint density at radius 3 is 2.90 bits per heavy atom. The fourth-order valence-electron chi connectivity index (χ4n) is 2.91. The quantitative estimate of drug-likeness (QED) is 0.808. The van der Waals surface area contributed by atoms with E-state index in [1.165, 1.54) is 12.8 Å². The third-order valence-corrected chi connectivity index (χ3v) is 5.57. The molecule has 1 saturated heterocycles. The number of aliphatic imine (C=N–C) groups is 1. The molecule has 1 aromatic carbocycles. The van der Waals surface area contributed by atoms with Gasteiger partial charge in [-0.2, -0.15) is 0 Å². The molecule has 3 nitrogen and oxygen atoms in total. The number of hydrogen-bond acceptors (Lipinski definition) is 3. The van der Waals surface area contributed by atoms with Crippen LogP contribution < -0.4 is 0 Å². The Hall–Kier alpha value is -1.00. The summed E-state index contributed by atoms with van der Waals surface area (Å²) >= 11 is 7.80. The number of benzene rings is 1. The average Bonchev–Trinajstić information content (AvgIpc) is 3.14. The van der Waals surface area contributed by atoms with E-state index in [1.807, 2.05) is 30.0 Å². The van der Waals surface area contributed by atoms with Crippen molar-refractivity contribution in [2.24, 2.45) is 10.9 Å². The third kappa shape index (κ3) is 3.11. The molecular formula is C16H19ClN2OS. The van der Waals surface area contributed by atoms with Gasteiger partial charge in [0.15, 0.2) is 5.17 Å². The molecule has 0 unspecified atom stereocenters. The summed E-state index contributed by atoms with van der Waals surface area (Å²) < 4.78 is 0. The van der Waals surface area contributed by atoms with Crippen molar-refractivity contribution in [3.05, 3.63) is 28.8 Å². The van der Waals surface area contributed by atoms with Crippen LogP contribution in [0.25, 0.3) is 0 Å². The first-order chi connectivity index (χ1) is 10.2. The fourth-order valence-corrected chi connectivity index (χ4v) is 4.04. The van der Waals surface area contributed by atoms with Crippen molar-refractivity contribution < 1.29 is 4.79 Å². The SMILES string of the molecule is Cc1c(Cl)cccc1N=C1SCCN1C(=O)C1CCCC1. The molecular weight excluding hydrogens is 304 g/mol. The molecule has 2 aliphatic rings. The minimum atomic E-state index is 0.203. The molecule has 0 radical (unpaired) electrons. The predicted octanol–water partition coefficient (Wildman–Crippen LogP) is 4.40. The van der Waals surface area contributed by atoms with Crippen LogP contribution in [-0.4, -0.2) is 28.3 Å². The van der Waals surface area contributed by atoms with Crippen molar-refractivity contribution in [3.63, 3.8) is 0 Å². The van der Waals surface area contributed by atoms with E-state index in [0.717, 1.165) is 41.6 Å². The maximum absolute atomic E-state index is 12.6. The zero-order chi connectivity index (χ0) is 14.8. The standard InChI is InChI=1S/C16H19ClN2OS/c1-11-13(17)7-4-8-14(11)18-16-19(9-10-21-16)15(20)12-5-2-3-6-12/h4,7-8,12H,2-3,5-6,9-10H2,1H3. The van der Waals surface area contributed by atoms with Gasteiger partial charge in [0.1, 0.15) is 0 Å². The predicted molar refractivity (Wildman–Crippen MR) is 89.4 cm³/mol. The maximum atomic E-state index is 12.6. The smallest absolute Gasteiger partial charge is 0.231 e. The number of rotatable bonds is 2. The maximum Gasteiger partial charge on any atom is 0.231 e. The third-order valence-electron chi connectivity index (χ3n) is 4.20. The van der Waals surface area contributed by atoms with E-state index < -0.39 is 0 Å². The molecule has 1 saturated carbocycles. The summed E-state index contributed by atoms with van der Waals surface area (Å²) in [4.78, 5) is 19.2. The monoisotopic (exact) mass is 322 g/mol. The zero-order valence-electron chi connectivity index (χ0n) is 12.1. The Morgan fingerprint density at radius 1 is 1.38 bits per heavy atom. The Kier molecular flexibility index (Phi) is 4.55. The van der Waals surface area contributed by atoms with Crippen LogP contribution in [0.15, 0.2) is 23.2 Å². The summed E-state index contributed by atoms with van der Waals surface area (Å²) in [6, 6.07) is 5.71. The van der Waals surface area contributed by atoms with Crippen LogP contribution in [0.2, 0.25) is 5.02 Å². The molecule has 1 amide bonds. The van der Waals surface area contributed by atoms with Crippen molar-refractivity contribution >= 4 is 40.1 Å². The number of hydrogen-bond donors (Lipinski definition) is 0. The van der Waals surface area contributed by atoms with Crippen molar-refractivity contribution in [2.75, 3.05) is 12.3 Å². The fraction of sp³-hybridized carbons (Fsp3) is 0.500. The van der Waals surface area contributed by atoms with Crippen molar-refractivity contribution in [1.82, 2.24) is 4.90 Å². The number of carbonyl (C=O) groups excluding carboxylic acids is 1. The topological polar surface area (TPSA) is 32.7 Å². The van der Waals surface area contributed by atoms with E-state index in [2.05, 4.69) is 0 Å². The van der Waals surface area contributed by atoms with Gasteiger partial charge in [-0.25, -0.2) is 4.99 Å². The number of amides is 1. The molecule has 3 rings (SSSR count). The lowest BCUT2D eigenvalue weighted by atomic mass is 10.1. The summed E-state index contributed by atoms with van der Waals surface area (Å²) in [7, 11) is 0. The van der Waals surface area contributed by atoms with Crippen LogP contribution >= 0.6 is 23.4 Å². The van der Waals surface area contributed by atoms with Gasteiger partial charge in [0.2, 0.25) is 5.91 Å². The largest absolute Gasteiger partial charge is 0.290 e. The van der Waals surface area contributed by atoms with Gasteiger partial charge in [0, 0.05) is 23.2 Å². The number of amidine groups is 1. The van der Waals surface area contributed by atoms with Crippen molar-refractivity contribution in [1.29, 1.82) is 0 Å². The van der Waals surface area contributed by atoms with Gasteiger partial charge in [-0.15, -0.1) is 0 Å². The van der Waals surface area contributed by atoms with Crippen molar-refractivity contribution in [2.45, 2.75) is 32.6 Å². The second kappa shape index (κ2) is 6.41. The van der Waals surface area contributed by atoms with Gasteiger partial charge >= 0.3 is 0 Å². The van der Waals surface area contributed by atoms with Gasteiger partial charge in [-0.05, 0) is 37.5 Å². The molecule has 21 heavy (non-hydrogen) atoms. The van der Waals surface area contributed by atoms with E-state index >= 15 is 0 Å². The highest BCUT2D eigenvalue weighted by Crippen LogP contribution is 2.32. The second-order valence-electron chi connectivity index (χ2n) is 5.60. The van der Waals surface area contributed by atoms with Gasteiger partial charge in [-0.1, -0.05) is 42.3 Å². The molecule has 1 aliphatic heterocycles. The van der Waals surface area contributed by atoms with Crippen LogP contribution in [0.4, 0.5) is 5.69 Å². The van der Waals surface area contributed by atoms with E-state index in [1.54, 1.807) is 11.8 Å². The van der Waals surface area contributed by atoms with Crippen LogP contribution in [0.3, 0.4) is 0 Å². The molecule has 0 N–H and O–H groups in total. The average molecular weight is 323 g/mol. The molecule has 0 bridgehead atoms. The minimum absolute atomic E-state index is 0.203. The molecule has 112 valence electrons. The molecule has 0 atom stereocenters. The summed E-state index contributed by atoms with van der Waals surface area (Å²) in [5.41, 5.74) is 1.82. The van der Waals surface area contributed by atoms with Gasteiger partial charge in [0.05, 0.1) is 5.69 Å².